The summed E-state index contributed by atoms with van der Waals surface area (Å²) in [7, 11) is 0. The van der Waals surface area contributed by atoms with Crippen LogP contribution in [-0.4, -0.2) is 23.3 Å². The van der Waals surface area contributed by atoms with Crippen LogP contribution in [0, 0.1) is 5.82 Å². The van der Waals surface area contributed by atoms with Crippen LogP contribution in [0.15, 0.2) is 84.8 Å². The first-order valence-electron chi connectivity index (χ1n) is 9.25. The maximum atomic E-state index is 14.3. The minimum absolute atomic E-state index is 0.0577. The van der Waals surface area contributed by atoms with E-state index in [1.165, 1.54) is 11.0 Å². The predicted octanol–water partition coefficient (Wildman–Crippen LogP) is 4.89. The van der Waals surface area contributed by atoms with E-state index in [9.17, 15) is 9.18 Å². The van der Waals surface area contributed by atoms with Crippen LogP contribution in [0.2, 0.25) is 0 Å². The molecule has 4 rings (SSSR count). The predicted molar refractivity (Wildman–Crippen MR) is 114 cm³/mol. The molecule has 2 heterocycles. The maximum absolute atomic E-state index is 14.3. The molecule has 0 N–H and O–H groups in total. The lowest BCUT2D eigenvalue weighted by atomic mass is 10.1. The summed E-state index contributed by atoms with van der Waals surface area (Å²) >= 11 is 1.59. The average Bonchev–Trinajstić information content (AvgIpc) is 2.79. The van der Waals surface area contributed by atoms with Crippen LogP contribution in [0.5, 0.6) is 0 Å². The molecule has 6 heteroatoms. The fraction of sp³-hybridized carbons (Fsp3) is 0.130. The number of ether oxygens (including phenoxy) is 1. The lowest BCUT2D eigenvalue weighted by molar-refractivity contribution is -0.118. The van der Waals surface area contributed by atoms with E-state index in [0.29, 0.717) is 18.0 Å². The Morgan fingerprint density at radius 3 is 2.55 bits per heavy atom. The van der Waals surface area contributed by atoms with Crippen molar-refractivity contribution in [2.75, 3.05) is 17.3 Å². The zero-order valence-electron chi connectivity index (χ0n) is 15.6. The Labute approximate surface area is 173 Å². The summed E-state index contributed by atoms with van der Waals surface area (Å²) in [5.74, 6) is 0.780. The van der Waals surface area contributed by atoms with E-state index in [2.05, 4.69) is 4.98 Å². The van der Waals surface area contributed by atoms with Crippen molar-refractivity contribution in [1.29, 1.82) is 0 Å². The number of halogens is 1. The van der Waals surface area contributed by atoms with Gasteiger partial charge in [-0.05, 0) is 23.8 Å². The first-order valence-corrected chi connectivity index (χ1v) is 10.2. The van der Waals surface area contributed by atoms with Gasteiger partial charge in [0.15, 0.2) is 5.76 Å². The van der Waals surface area contributed by atoms with Crippen LogP contribution < -0.4 is 4.90 Å². The van der Waals surface area contributed by atoms with Crippen molar-refractivity contribution in [3.8, 4) is 0 Å². The molecule has 0 unspecified atom stereocenters. The number of anilines is 1. The molecule has 0 bridgehead atoms. The lowest BCUT2D eigenvalue weighted by Gasteiger charge is -2.27. The number of benzene rings is 2. The molecule has 0 aliphatic carbocycles. The Bertz CT molecular complexity index is 1030. The molecule has 146 valence electrons. The Kier molecular flexibility index (Phi) is 5.91. The van der Waals surface area contributed by atoms with Gasteiger partial charge in [0.05, 0.1) is 18.1 Å². The van der Waals surface area contributed by atoms with Crippen molar-refractivity contribution in [3.05, 3.63) is 102 Å². The van der Waals surface area contributed by atoms with E-state index in [-0.39, 0.29) is 24.0 Å². The van der Waals surface area contributed by atoms with Crippen molar-refractivity contribution < 1.29 is 13.9 Å². The number of pyridine rings is 1. The quantitative estimate of drug-likeness (QED) is 0.605. The monoisotopic (exact) mass is 406 g/mol. The summed E-state index contributed by atoms with van der Waals surface area (Å²) in [6.45, 7) is 0.500. The second-order valence-electron chi connectivity index (χ2n) is 6.39. The smallest absolute Gasteiger partial charge is 0.296 e. The molecule has 0 saturated heterocycles. The van der Waals surface area contributed by atoms with E-state index in [4.69, 9.17) is 4.74 Å². The van der Waals surface area contributed by atoms with Crippen molar-refractivity contribution in [2.24, 2.45) is 0 Å². The second kappa shape index (κ2) is 8.92. The van der Waals surface area contributed by atoms with Crippen LogP contribution in [-0.2, 0) is 16.1 Å². The normalized spacial score (nSPS) is 13.7. The SMILES string of the molecule is O=C(C1=C(c2ccccc2)SCCO1)N(Cc1ccccc1F)c1ccccn1. The molecule has 0 radical (unpaired) electrons. The number of carbonyl (C=O) groups is 1. The van der Waals surface area contributed by atoms with Gasteiger partial charge < -0.3 is 4.74 Å². The molecule has 0 fully saturated rings. The zero-order valence-corrected chi connectivity index (χ0v) is 16.4. The molecule has 0 atom stereocenters. The molecule has 3 aromatic rings. The topological polar surface area (TPSA) is 42.4 Å². The summed E-state index contributed by atoms with van der Waals surface area (Å²) < 4.78 is 20.1. The zero-order chi connectivity index (χ0) is 20.1. The number of hydrogen-bond donors (Lipinski definition) is 0. The Balaban J connectivity index is 1.76. The van der Waals surface area contributed by atoms with E-state index < -0.39 is 0 Å². The van der Waals surface area contributed by atoms with Gasteiger partial charge in [0.1, 0.15) is 11.6 Å². The third kappa shape index (κ3) is 4.32. The minimum atomic E-state index is -0.363. The number of aromatic nitrogens is 1. The van der Waals surface area contributed by atoms with Crippen molar-refractivity contribution in [3.63, 3.8) is 0 Å². The highest BCUT2D eigenvalue weighted by atomic mass is 32.2. The number of rotatable bonds is 5. The van der Waals surface area contributed by atoms with Gasteiger partial charge in [0, 0.05) is 17.5 Å². The van der Waals surface area contributed by atoms with Gasteiger partial charge in [-0.15, -0.1) is 11.8 Å². The highest BCUT2D eigenvalue weighted by Crippen LogP contribution is 2.36. The molecule has 4 nitrogen and oxygen atoms in total. The molecule has 2 aromatic carbocycles. The molecule has 29 heavy (non-hydrogen) atoms. The van der Waals surface area contributed by atoms with Gasteiger partial charge >= 0.3 is 0 Å². The molecule has 1 aliphatic heterocycles. The summed E-state index contributed by atoms with van der Waals surface area (Å²) in [4.78, 5) is 20.1. The second-order valence-corrected chi connectivity index (χ2v) is 7.50. The van der Waals surface area contributed by atoms with Gasteiger partial charge in [-0.25, -0.2) is 9.37 Å². The van der Waals surface area contributed by atoms with E-state index in [0.717, 1.165) is 16.2 Å². The van der Waals surface area contributed by atoms with Crippen LogP contribution in [0.4, 0.5) is 10.2 Å². The first kappa shape index (κ1) is 19.2. The fourth-order valence-corrected chi connectivity index (χ4v) is 4.02. The summed E-state index contributed by atoms with van der Waals surface area (Å²) in [6.07, 6.45) is 1.61. The molecule has 0 spiro atoms. The van der Waals surface area contributed by atoms with Crippen molar-refractivity contribution >= 4 is 28.4 Å². The van der Waals surface area contributed by atoms with Crippen molar-refractivity contribution in [1.82, 2.24) is 4.98 Å². The molecule has 1 amide bonds. The third-order valence-corrected chi connectivity index (χ3v) is 5.55. The first-order chi connectivity index (χ1) is 14.2. The minimum Gasteiger partial charge on any atom is -0.486 e. The summed E-state index contributed by atoms with van der Waals surface area (Å²) in [5, 5.41) is 0. The Morgan fingerprint density at radius 2 is 1.79 bits per heavy atom. The van der Waals surface area contributed by atoms with Crippen LogP contribution in [0.25, 0.3) is 4.91 Å². The van der Waals surface area contributed by atoms with E-state index in [1.54, 1.807) is 54.4 Å². The standard InChI is InChI=1S/C23H19FN2O2S/c24-19-11-5-4-10-18(19)16-26(20-12-6-7-13-25-20)23(27)21-22(29-15-14-28-21)17-8-2-1-3-9-17/h1-13H,14-16H2. The van der Waals surface area contributed by atoms with E-state index in [1.807, 2.05) is 30.3 Å². The largest absolute Gasteiger partial charge is 0.486 e. The molecule has 0 saturated carbocycles. The van der Waals surface area contributed by atoms with Crippen LogP contribution >= 0.6 is 11.8 Å². The fourth-order valence-electron chi connectivity index (χ4n) is 3.07. The van der Waals surface area contributed by atoms with Gasteiger partial charge in [-0.1, -0.05) is 54.6 Å². The highest BCUT2D eigenvalue weighted by molar-refractivity contribution is 8.08. The third-order valence-electron chi connectivity index (χ3n) is 4.47. The van der Waals surface area contributed by atoms with Crippen molar-refractivity contribution in [2.45, 2.75) is 6.54 Å². The summed E-state index contributed by atoms with van der Waals surface area (Å²) in [6, 6.07) is 21.4. The van der Waals surface area contributed by atoms with Gasteiger partial charge in [0.2, 0.25) is 0 Å². The van der Waals surface area contributed by atoms with E-state index >= 15 is 0 Å². The number of nitrogens with zero attached hydrogens (tertiary/aromatic N) is 2. The van der Waals surface area contributed by atoms with Gasteiger partial charge in [-0.3, -0.25) is 9.69 Å². The lowest BCUT2D eigenvalue weighted by Crippen LogP contribution is -2.34. The highest BCUT2D eigenvalue weighted by Gasteiger charge is 2.29. The molecule has 1 aromatic heterocycles. The summed E-state index contributed by atoms with van der Waals surface area (Å²) in [5.41, 5.74) is 1.34. The molecular weight excluding hydrogens is 387 g/mol. The number of hydrogen-bond acceptors (Lipinski definition) is 4. The average molecular weight is 406 g/mol. The molecule has 1 aliphatic rings. The maximum Gasteiger partial charge on any atom is 0.296 e. The molecular formula is C23H19FN2O2S. The van der Waals surface area contributed by atoms with Crippen LogP contribution in [0.3, 0.4) is 0 Å². The van der Waals surface area contributed by atoms with Gasteiger partial charge in [0.25, 0.3) is 5.91 Å². The van der Waals surface area contributed by atoms with Crippen LogP contribution in [0.1, 0.15) is 11.1 Å². The van der Waals surface area contributed by atoms with Gasteiger partial charge in [-0.2, -0.15) is 0 Å². The number of amides is 1. The number of thioether (sulfide) groups is 1. The Morgan fingerprint density at radius 1 is 1.03 bits per heavy atom. The Hall–Kier alpha value is -3.12. The number of carbonyl (C=O) groups excluding carboxylic acids is 1.